The number of benzene rings is 2. The van der Waals surface area contributed by atoms with Crippen LogP contribution in [0.4, 0.5) is 24.3 Å². The molecule has 0 aliphatic rings. The molecular formula is C24H26F2N2OS. The third-order valence-electron chi connectivity index (χ3n) is 4.88. The first-order chi connectivity index (χ1) is 14.5. The molecule has 2 aromatic carbocycles. The van der Waals surface area contributed by atoms with Gasteiger partial charge in [-0.05, 0) is 72.9 Å². The van der Waals surface area contributed by atoms with Crippen LogP contribution in [0, 0.1) is 18.6 Å². The van der Waals surface area contributed by atoms with E-state index in [2.05, 4.69) is 17.6 Å². The SMILES string of the molecule is CCCCCCc1ccc(NC(=O)Nc2ccc(-c3ccc(F)c(C)c3)cc2F)s1. The minimum Gasteiger partial charge on any atom is -0.305 e. The lowest BCUT2D eigenvalue weighted by atomic mass is 10.0. The summed E-state index contributed by atoms with van der Waals surface area (Å²) in [7, 11) is 0. The van der Waals surface area contributed by atoms with Crippen molar-refractivity contribution >= 4 is 28.1 Å². The average molecular weight is 429 g/mol. The smallest absolute Gasteiger partial charge is 0.305 e. The number of anilines is 2. The first kappa shape index (κ1) is 22.0. The number of nitrogens with one attached hydrogen (secondary N) is 2. The maximum Gasteiger partial charge on any atom is 0.324 e. The molecule has 0 bridgehead atoms. The van der Waals surface area contributed by atoms with E-state index < -0.39 is 11.8 Å². The number of halogens is 2. The van der Waals surface area contributed by atoms with Crippen LogP contribution in [-0.4, -0.2) is 6.03 Å². The Kier molecular flexibility index (Phi) is 7.57. The number of rotatable bonds is 8. The summed E-state index contributed by atoms with van der Waals surface area (Å²) in [5.74, 6) is -0.848. The lowest BCUT2D eigenvalue weighted by molar-refractivity contribution is 0.262. The van der Waals surface area contributed by atoms with E-state index in [9.17, 15) is 13.6 Å². The Morgan fingerprint density at radius 2 is 1.67 bits per heavy atom. The van der Waals surface area contributed by atoms with Crippen molar-refractivity contribution in [1.82, 2.24) is 0 Å². The highest BCUT2D eigenvalue weighted by Crippen LogP contribution is 2.27. The van der Waals surface area contributed by atoms with Gasteiger partial charge in [0.05, 0.1) is 10.7 Å². The predicted molar refractivity (Wildman–Crippen MR) is 121 cm³/mol. The highest BCUT2D eigenvalue weighted by Gasteiger charge is 2.11. The van der Waals surface area contributed by atoms with Crippen molar-refractivity contribution in [2.24, 2.45) is 0 Å². The van der Waals surface area contributed by atoms with Crippen LogP contribution in [0.3, 0.4) is 0 Å². The maximum atomic E-state index is 14.5. The quantitative estimate of drug-likeness (QED) is 0.354. The minimum absolute atomic E-state index is 0.0893. The Balaban J connectivity index is 1.59. The summed E-state index contributed by atoms with van der Waals surface area (Å²) in [6.07, 6.45) is 5.81. The van der Waals surface area contributed by atoms with Gasteiger partial charge < -0.3 is 5.32 Å². The lowest BCUT2D eigenvalue weighted by Gasteiger charge is -2.09. The van der Waals surface area contributed by atoms with E-state index >= 15 is 0 Å². The van der Waals surface area contributed by atoms with Crippen LogP contribution in [0.5, 0.6) is 0 Å². The summed E-state index contributed by atoms with van der Waals surface area (Å²) in [4.78, 5) is 13.5. The number of hydrogen-bond donors (Lipinski definition) is 2. The molecule has 0 spiro atoms. The molecule has 0 unspecified atom stereocenters. The van der Waals surface area contributed by atoms with Crippen LogP contribution >= 0.6 is 11.3 Å². The first-order valence-electron chi connectivity index (χ1n) is 10.2. The fraction of sp³-hybridized carbons (Fsp3) is 0.292. The summed E-state index contributed by atoms with van der Waals surface area (Å²) < 4.78 is 28.0. The third-order valence-corrected chi connectivity index (χ3v) is 5.94. The fourth-order valence-corrected chi connectivity index (χ4v) is 4.14. The molecule has 0 aliphatic carbocycles. The van der Waals surface area contributed by atoms with Gasteiger partial charge in [0.15, 0.2) is 0 Å². The molecule has 0 fully saturated rings. The van der Waals surface area contributed by atoms with Crippen molar-refractivity contribution in [3.63, 3.8) is 0 Å². The summed E-state index contributed by atoms with van der Waals surface area (Å²) in [5.41, 5.74) is 1.92. The summed E-state index contributed by atoms with van der Waals surface area (Å²) in [6.45, 7) is 3.85. The van der Waals surface area contributed by atoms with Gasteiger partial charge in [0.2, 0.25) is 0 Å². The van der Waals surface area contributed by atoms with Gasteiger partial charge >= 0.3 is 6.03 Å². The van der Waals surface area contributed by atoms with Crippen molar-refractivity contribution in [1.29, 1.82) is 0 Å². The van der Waals surface area contributed by atoms with Gasteiger partial charge in [0, 0.05) is 4.88 Å². The monoisotopic (exact) mass is 428 g/mol. The molecule has 158 valence electrons. The van der Waals surface area contributed by atoms with Crippen LogP contribution in [0.25, 0.3) is 11.1 Å². The van der Waals surface area contributed by atoms with Crippen molar-refractivity contribution in [2.45, 2.75) is 46.0 Å². The molecule has 0 aliphatic heterocycles. The maximum absolute atomic E-state index is 14.5. The van der Waals surface area contributed by atoms with Gasteiger partial charge in [-0.3, -0.25) is 5.32 Å². The van der Waals surface area contributed by atoms with Gasteiger partial charge in [-0.25, -0.2) is 13.6 Å². The number of unbranched alkanes of at least 4 members (excludes halogenated alkanes) is 3. The largest absolute Gasteiger partial charge is 0.324 e. The van der Waals surface area contributed by atoms with Crippen molar-refractivity contribution in [2.75, 3.05) is 10.6 Å². The molecule has 1 aromatic heterocycles. The Morgan fingerprint density at radius 3 is 2.40 bits per heavy atom. The number of aryl methyl sites for hydroxylation is 2. The minimum atomic E-state index is -0.549. The number of carbonyl (C=O) groups excluding carboxylic acids is 1. The Hall–Kier alpha value is -2.73. The van der Waals surface area contributed by atoms with E-state index in [0.717, 1.165) is 17.8 Å². The first-order valence-corrected chi connectivity index (χ1v) is 11.0. The van der Waals surface area contributed by atoms with Gasteiger partial charge in [0.25, 0.3) is 0 Å². The normalized spacial score (nSPS) is 10.8. The summed E-state index contributed by atoms with van der Waals surface area (Å²) in [6, 6.07) is 12.6. The second kappa shape index (κ2) is 10.3. The van der Waals surface area contributed by atoms with Crippen LogP contribution in [-0.2, 0) is 6.42 Å². The number of thiophene rings is 1. The van der Waals surface area contributed by atoms with Crippen molar-refractivity contribution in [3.05, 3.63) is 70.6 Å². The zero-order valence-corrected chi connectivity index (χ0v) is 18.0. The molecule has 0 saturated carbocycles. The standard InChI is InChI=1S/C24H26F2N2OS/c1-3-4-5-6-7-19-10-13-23(30-19)28-24(29)27-22-12-9-18(15-21(22)26)17-8-11-20(25)16(2)14-17/h8-15H,3-7H2,1-2H3,(H2,27,28,29). The Bertz CT molecular complexity index is 1020. The number of hydrogen-bond acceptors (Lipinski definition) is 2. The van der Waals surface area contributed by atoms with E-state index in [1.54, 1.807) is 25.1 Å². The number of amides is 2. The van der Waals surface area contributed by atoms with E-state index in [0.29, 0.717) is 16.7 Å². The zero-order valence-electron chi connectivity index (χ0n) is 17.2. The molecule has 1 heterocycles. The molecular weight excluding hydrogens is 402 g/mol. The van der Waals surface area contributed by atoms with E-state index in [1.165, 1.54) is 53.7 Å². The zero-order chi connectivity index (χ0) is 21.5. The molecule has 3 aromatic rings. The summed E-state index contributed by atoms with van der Waals surface area (Å²) in [5, 5.41) is 6.04. The van der Waals surface area contributed by atoms with Crippen molar-refractivity contribution < 1.29 is 13.6 Å². The van der Waals surface area contributed by atoms with Gasteiger partial charge in [-0.2, -0.15) is 0 Å². The molecule has 3 nitrogen and oxygen atoms in total. The second-order valence-corrected chi connectivity index (χ2v) is 8.48. The summed E-state index contributed by atoms with van der Waals surface area (Å²) >= 11 is 1.54. The number of urea groups is 1. The van der Waals surface area contributed by atoms with Crippen molar-refractivity contribution in [3.8, 4) is 11.1 Å². The van der Waals surface area contributed by atoms with Crippen LogP contribution < -0.4 is 10.6 Å². The molecule has 0 saturated heterocycles. The highest BCUT2D eigenvalue weighted by atomic mass is 32.1. The van der Waals surface area contributed by atoms with E-state index in [4.69, 9.17) is 0 Å². The van der Waals surface area contributed by atoms with Crippen LogP contribution in [0.1, 0.15) is 43.0 Å². The molecule has 2 amide bonds. The molecule has 6 heteroatoms. The Morgan fingerprint density at radius 1 is 0.900 bits per heavy atom. The number of carbonyl (C=O) groups is 1. The average Bonchev–Trinajstić information content (AvgIpc) is 3.16. The van der Waals surface area contributed by atoms with E-state index in [-0.39, 0.29) is 11.5 Å². The molecule has 0 radical (unpaired) electrons. The fourth-order valence-electron chi connectivity index (χ4n) is 3.19. The van der Waals surface area contributed by atoms with Crippen LogP contribution in [0.2, 0.25) is 0 Å². The topological polar surface area (TPSA) is 41.1 Å². The van der Waals surface area contributed by atoms with Crippen LogP contribution in [0.15, 0.2) is 48.5 Å². The molecule has 30 heavy (non-hydrogen) atoms. The van der Waals surface area contributed by atoms with E-state index in [1.807, 2.05) is 12.1 Å². The lowest BCUT2D eigenvalue weighted by Crippen LogP contribution is -2.19. The Labute approximate surface area is 180 Å². The second-order valence-electron chi connectivity index (χ2n) is 7.31. The molecule has 3 rings (SSSR count). The molecule has 2 N–H and O–H groups in total. The third kappa shape index (κ3) is 5.89. The highest BCUT2D eigenvalue weighted by molar-refractivity contribution is 7.16. The predicted octanol–water partition coefficient (Wildman–Crippen LogP) is 7.77. The molecule has 0 atom stereocenters. The van der Waals surface area contributed by atoms with Gasteiger partial charge in [0.1, 0.15) is 11.6 Å². The van der Waals surface area contributed by atoms with Gasteiger partial charge in [-0.1, -0.05) is 38.3 Å². The van der Waals surface area contributed by atoms with Gasteiger partial charge in [-0.15, -0.1) is 11.3 Å².